The molecule has 2 aromatic rings. The number of fused-ring (bicyclic) bond motifs is 1. The minimum atomic E-state index is 0.577. The number of pyridine rings is 1. The molecule has 2 heteroatoms. The molecular weight excluding hydrogens is 150 g/mol. The van der Waals surface area contributed by atoms with Crippen molar-refractivity contribution in [3.8, 4) is 5.88 Å². The summed E-state index contributed by atoms with van der Waals surface area (Å²) in [6.07, 6.45) is 1.71. The van der Waals surface area contributed by atoms with Gasteiger partial charge in [-0.25, -0.2) is 4.98 Å². The molecule has 59 valence electrons. The van der Waals surface area contributed by atoms with Crippen molar-refractivity contribution < 1.29 is 4.74 Å². The molecule has 1 aromatic heterocycles. The number of aromatic nitrogens is 1. The average Bonchev–Trinajstić information content (AvgIpc) is 2.17. The zero-order valence-electron chi connectivity index (χ0n) is 6.53. The summed E-state index contributed by atoms with van der Waals surface area (Å²) in [7, 11) is 3.34. The molecule has 0 saturated carbocycles. The predicted octanol–water partition coefficient (Wildman–Crippen LogP) is 2.41. The van der Waals surface area contributed by atoms with Gasteiger partial charge in [-0.2, -0.15) is 0 Å². The van der Waals surface area contributed by atoms with E-state index in [-0.39, 0.29) is 0 Å². The van der Waals surface area contributed by atoms with Crippen LogP contribution in [0.1, 0.15) is 0 Å². The zero-order chi connectivity index (χ0) is 8.39. The quantitative estimate of drug-likeness (QED) is 0.635. The smallest absolute Gasteiger partial charge is 0.221 e. The van der Waals surface area contributed by atoms with Crippen molar-refractivity contribution in [3.05, 3.63) is 43.6 Å². The van der Waals surface area contributed by atoms with Crippen molar-refractivity contribution >= 4 is 10.8 Å². The molecule has 0 saturated heterocycles. The third kappa shape index (κ3) is 1.01. The molecule has 0 spiro atoms. The van der Waals surface area contributed by atoms with Crippen molar-refractivity contribution in [2.24, 2.45) is 0 Å². The number of hydrogen-bond acceptors (Lipinski definition) is 2. The maximum absolute atomic E-state index is 4.87. The Balaban J connectivity index is 2.79. The van der Waals surface area contributed by atoms with Gasteiger partial charge in [0.2, 0.25) is 5.88 Å². The van der Waals surface area contributed by atoms with Gasteiger partial charge in [0.1, 0.15) is 7.11 Å². The third-order valence-corrected chi connectivity index (χ3v) is 1.77. The van der Waals surface area contributed by atoms with Crippen LogP contribution in [0.15, 0.2) is 36.5 Å². The standard InChI is InChI=1S/C10H8NO/c1-12-10-9-5-3-2-4-8(9)6-7-11-10/h2-7H,1H2. The molecule has 0 fully saturated rings. The second-order valence-corrected chi connectivity index (χ2v) is 2.48. The highest BCUT2D eigenvalue weighted by Gasteiger charge is 1.98. The van der Waals surface area contributed by atoms with E-state index in [0.29, 0.717) is 5.88 Å². The monoisotopic (exact) mass is 158 g/mol. The topological polar surface area (TPSA) is 22.1 Å². The van der Waals surface area contributed by atoms with Gasteiger partial charge in [-0.1, -0.05) is 18.2 Å². The van der Waals surface area contributed by atoms with Crippen molar-refractivity contribution in [3.63, 3.8) is 0 Å². The summed E-state index contributed by atoms with van der Waals surface area (Å²) < 4.78 is 4.87. The van der Waals surface area contributed by atoms with E-state index in [0.717, 1.165) is 10.8 Å². The van der Waals surface area contributed by atoms with Crippen LogP contribution >= 0.6 is 0 Å². The number of nitrogens with zero attached hydrogens (tertiary/aromatic N) is 1. The fourth-order valence-corrected chi connectivity index (χ4v) is 1.21. The SMILES string of the molecule is [CH2]Oc1nccc2ccccc12. The molecule has 0 N–H and O–H groups in total. The van der Waals surface area contributed by atoms with Gasteiger partial charge in [0.25, 0.3) is 0 Å². The Morgan fingerprint density at radius 3 is 2.83 bits per heavy atom. The Bertz CT molecular complexity index is 392. The van der Waals surface area contributed by atoms with E-state index in [2.05, 4.69) is 12.1 Å². The van der Waals surface area contributed by atoms with E-state index in [9.17, 15) is 0 Å². The summed E-state index contributed by atoms with van der Waals surface area (Å²) in [6.45, 7) is 0. The van der Waals surface area contributed by atoms with E-state index >= 15 is 0 Å². The molecule has 0 aliphatic carbocycles. The first-order chi connectivity index (χ1) is 5.92. The molecule has 1 heterocycles. The zero-order valence-corrected chi connectivity index (χ0v) is 6.53. The van der Waals surface area contributed by atoms with Crippen molar-refractivity contribution in [2.45, 2.75) is 0 Å². The molecule has 1 radical (unpaired) electrons. The van der Waals surface area contributed by atoms with Gasteiger partial charge in [-0.3, -0.25) is 0 Å². The normalized spacial score (nSPS) is 10.1. The van der Waals surface area contributed by atoms with E-state index in [1.54, 1.807) is 6.20 Å². The molecule has 0 aliphatic rings. The van der Waals surface area contributed by atoms with E-state index < -0.39 is 0 Å². The number of ether oxygens (including phenoxy) is 1. The fraction of sp³-hybridized carbons (Fsp3) is 0. The van der Waals surface area contributed by atoms with E-state index in [1.807, 2.05) is 30.3 Å². The van der Waals surface area contributed by atoms with Crippen molar-refractivity contribution in [1.29, 1.82) is 0 Å². The minimum Gasteiger partial charge on any atom is -0.474 e. The summed E-state index contributed by atoms with van der Waals surface area (Å²) in [4.78, 5) is 4.04. The Morgan fingerprint density at radius 2 is 2.00 bits per heavy atom. The molecular formula is C10H8NO. The van der Waals surface area contributed by atoms with Crippen LogP contribution in [0.4, 0.5) is 0 Å². The fourth-order valence-electron chi connectivity index (χ4n) is 1.21. The lowest BCUT2D eigenvalue weighted by Gasteiger charge is -2.01. The van der Waals surface area contributed by atoms with Gasteiger partial charge >= 0.3 is 0 Å². The lowest BCUT2D eigenvalue weighted by molar-refractivity contribution is 0.459. The van der Waals surface area contributed by atoms with Gasteiger partial charge in [0.05, 0.1) is 0 Å². The van der Waals surface area contributed by atoms with Crippen LogP contribution < -0.4 is 4.74 Å². The van der Waals surface area contributed by atoms with Gasteiger partial charge in [-0.05, 0) is 17.5 Å². The van der Waals surface area contributed by atoms with Crippen LogP contribution in [0.3, 0.4) is 0 Å². The molecule has 0 aliphatic heterocycles. The summed E-state index contributed by atoms with van der Waals surface area (Å²) in [5, 5.41) is 2.11. The molecule has 2 nitrogen and oxygen atoms in total. The first kappa shape index (κ1) is 7.10. The van der Waals surface area contributed by atoms with E-state index in [4.69, 9.17) is 4.74 Å². The van der Waals surface area contributed by atoms with Gasteiger partial charge in [0, 0.05) is 11.6 Å². The second-order valence-electron chi connectivity index (χ2n) is 2.48. The summed E-state index contributed by atoms with van der Waals surface area (Å²) >= 11 is 0. The highest BCUT2D eigenvalue weighted by Crippen LogP contribution is 2.21. The van der Waals surface area contributed by atoms with Crippen LogP contribution in [0.25, 0.3) is 10.8 Å². The molecule has 0 bridgehead atoms. The highest BCUT2D eigenvalue weighted by atomic mass is 16.5. The summed E-state index contributed by atoms with van der Waals surface area (Å²) in [5.74, 6) is 0.577. The molecule has 12 heavy (non-hydrogen) atoms. The number of benzene rings is 1. The highest BCUT2D eigenvalue weighted by molar-refractivity contribution is 5.86. The lowest BCUT2D eigenvalue weighted by atomic mass is 10.2. The van der Waals surface area contributed by atoms with Gasteiger partial charge in [-0.15, -0.1) is 0 Å². The molecule has 1 aromatic carbocycles. The molecule has 2 rings (SSSR count). The van der Waals surface area contributed by atoms with Crippen LogP contribution in [0.2, 0.25) is 0 Å². The second kappa shape index (κ2) is 2.81. The van der Waals surface area contributed by atoms with Gasteiger partial charge in [0.15, 0.2) is 0 Å². The first-order valence-corrected chi connectivity index (χ1v) is 3.67. The van der Waals surface area contributed by atoms with Crippen molar-refractivity contribution in [2.75, 3.05) is 0 Å². The van der Waals surface area contributed by atoms with Crippen LogP contribution in [-0.4, -0.2) is 4.98 Å². The number of rotatable bonds is 1. The Kier molecular flexibility index (Phi) is 1.67. The number of hydrogen-bond donors (Lipinski definition) is 0. The van der Waals surface area contributed by atoms with Crippen molar-refractivity contribution in [1.82, 2.24) is 4.98 Å². The Morgan fingerprint density at radius 1 is 1.17 bits per heavy atom. The molecule has 0 amide bonds. The first-order valence-electron chi connectivity index (χ1n) is 3.67. The van der Waals surface area contributed by atoms with Crippen LogP contribution in [-0.2, 0) is 0 Å². The van der Waals surface area contributed by atoms with E-state index in [1.165, 1.54) is 0 Å². The van der Waals surface area contributed by atoms with Crippen LogP contribution in [0, 0.1) is 7.11 Å². The minimum absolute atomic E-state index is 0.577. The molecule has 0 atom stereocenters. The third-order valence-electron chi connectivity index (χ3n) is 1.77. The lowest BCUT2D eigenvalue weighted by Crippen LogP contribution is -1.85. The Hall–Kier alpha value is -1.57. The van der Waals surface area contributed by atoms with Gasteiger partial charge < -0.3 is 4.74 Å². The predicted molar refractivity (Wildman–Crippen MR) is 47.7 cm³/mol. The Labute approximate surface area is 70.8 Å². The largest absolute Gasteiger partial charge is 0.474 e. The van der Waals surface area contributed by atoms with Crippen LogP contribution in [0.5, 0.6) is 5.88 Å². The summed E-state index contributed by atoms with van der Waals surface area (Å²) in [5.41, 5.74) is 0. The maximum atomic E-state index is 4.87. The average molecular weight is 158 g/mol. The molecule has 0 unspecified atom stereocenters. The maximum Gasteiger partial charge on any atom is 0.221 e. The summed E-state index contributed by atoms with van der Waals surface area (Å²) in [6, 6.07) is 9.85.